The molecular formula is C45H48I9N9O21. The van der Waals surface area contributed by atoms with Crippen molar-refractivity contribution in [2.45, 2.75) is 36.6 Å². The lowest BCUT2D eigenvalue weighted by atomic mass is 10.1. The fraction of sp³-hybridized carbons (Fsp3) is 0.400. The van der Waals surface area contributed by atoms with Crippen LogP contribution in [0.5, 0.6) is 0 Å². The zero-order valence-electron chi connectivity index (χ0n) is 42.2. The van der Waals surface area contributed by atoms with Crippen LogP contribution in [0.25, 0.3) is 17.1 Å². The Morgan fingerprint density at radius 3 is 0.536 bits per heavy atom. The van der Waals surface area contributed by atoms with Gasteiger partial charge in [-0.25, -0.2) is 28.1 Å². The van der Waals surface area contributed by atoms with Crippen LogP contribution in [0, 0.1) is 32.1 Å². The quantitative estimate of drug-likeness (QED) is 0.0254. The van der Waals surface area contributed by atoms with Gasteiger partial charge in [-0.05, 0) is 203 Å². The van der Waals surface area contributed by atoms with Gasteiger partial charge >= 0.3 is 17.1 Å². The van der Waals surface area contributed by atoms with Gasteiger partial charge in [-0.15, -0.1) is 0 Å². The molecule has 18 N–H and O–H groups in total. The SMILES string of the molecule is O=C(NCC(O)CO)c1c(I)c(C(=O)NCC(O)CO)c(I)c(-n2c(=O)n(-c3c(I)c(C(=O)NCC(O)CO)c(I)c(C(=O)NCC(O)CO)c3I)c(=O)n(-c3c(I)c(C(=O)NCC(O)CO)c(I)c(C(=O)NCC(O)CO)c3I)c2=O)c1I. The Morgan fingerprint density at radius 1 is 0.286 bits per heavy atom. The lowest BCUT2D eigenvalue weighted by molar-refractivity contribution is 0.0792. The Labute approximate surface area is 595 Å². The van der Waals surface area contributed by atoms with Crippen LogP contribution in [0.3, 0.4) is 0 Å². The molecule has 39 heteroatoms. The number of amides is 6. The molecule has 462 valence electrons. The van der Waals surface area contributed by atoms with Gasteiger partial charge in [-0.1, -0.05) is 0 Å². The number of hydrogen-bond donors (Lipinski definition) is 18. The average molecular weight is 2190 g/mol. The molecule has 4 rings (SSSR count). The first-order valence-corrected chi connectivity index (χ1v) is 33.2. The summed E-state index contributed by atoms with van der Waals surface area (Å²) in [4.78, 5) is 134. The molecule has 3 aromatic carbocycles. The second-order valence-electron chi connectivity index (χ2n) is 17.3. The molecule has 6 unspecified atom stereocenters. The number of aliphatic hydroxyl groups is 12. The van der Waals surface area contributed by atoms with Crippen LogP contribution < -0.4 is 49.0 Å². The molecule has 84 heavy (non-hydrogen) atoms. The molecule has 6 atom stereocenters. The molecule has 30 nitrogen and oxygen atoms in total. The lowest BCUT2D eigenvalue weighted by Gasteiger charge is -2.24. The van der Waals surface area contributed by atoms with E-state index in [0.717, 1.165) is 0 Å². The first-order valence-electron chi connectivity index (χ1n) is 23.5. The summed E-state index contributed by atoms with van der Waals surface area (Å²) in [7, 11) is 0. The van der Waals surface area contributed by atoms with Gasteiger partial charge in [0.2, 0.25) is 0 Å². The van der Waals surface area contributed by atoms with Gasteiger partial charge in [0.05, 0.1) is 148 Å². The minimum atomic E-state index is -1.67. The molecule has 0 radical (unpaired) electrons. The number of carbonyl (C=O) groups excluding carboxylic acids is 6. The smallest absolute Gasteiger partial charge is 0.345 e. The number of halogens is 9. The zero-order chi connectivity index (χ0) is 63.5. The van der Waals surface area contributed by atoms with Crippen molar-refractivity contribution in [3.05, 3.63) is 97.0 Å². The van der Waals surface area contributed by atoms with E-state index in [1.807, 2.05) is 0 Å². The van der Waals surface area contributed by atoms with E-state index in [-0.39, 0.29) is 32.1 Å². The molecule has 0 fully saturated rings. The Morgan fingerprint density at radius 2 is 0.417 bits per heavy atom. The number of hydrogen-bond acceptors (Lipinski definition) is 21. The van der Waals surface area contributed by atoms with E-state index < -0.39 is 218 Å². The maximum absolute atomic E-state index is 16.1. The fourth-order valence-electron chi connectivity index (χ4n) is 7.04. The predicted molar refractivity (Wildman–Crippen MR) is 370 cm³/mol. The van der Waals surface area contributed by atoms with Gasteiger partial charge in [0.25, 0.3) is 35.4 Å². The zero-order valence-corrected chi connectivity index (χ0v) is 61.7. The second-order valence-corrected chi connectivity index (χ2v) is 27.0. The number of carbonyl (C=O) groups is 6. The Hall–Kier alpha value is -1.02. The molecule has 0 aliphatic carbocycles. The highest BCUT2D eigenvalue weighted by molar-refractivity contribution is 14.1. The Bertz CT molecular complexity index is 2870. The van der Waals surface area contributed by atoms with E-state index in [1.54, 1.807) is 203 Å². The van der Waals surface area contributed by atoms with E-state index in [4.69, 9.17) is 0 Å². The highest BCUT2D eigenvalue weighted by Gasteiger charge is 2.38. The molecule has 1 aromatic heterocycles. The summed E-state index contributed by atoms with van der Waals surface area (Å²) >= 11 is 14.2. The molecule has 0 saturated heterocycles. The highest BCUT2D eigenvalue weighted by Crippen LogP contribution is 2.38. The molecule has 4 aromatic rings. The molecule has 0 bridgehead atoms. The summed E-state index contributed by atoms with van der Waals surface area (Å²) in [6, 6.07) is 0. The molecule has 0 aliphatic heterocycles. The minimum absolute atomic E-state index is 0.185. The van der Waals surface area contributed by atoms with E-state index in [0.29, 0.717) is 13.7 Å². The maximum atomic E-state index is 16.1. The Kier molecular flexibility index (Phi) is 30.9. The van der Waals surface area contributed by atoms with E-state index >= 15 is 14.4 Å². The van der Waals surface area contributed by atoms with Crippen LogP contribution >= 0.6 is 203 Å². The summed E-state index contributed by atoms with van der Waals surface area (Å²) < 4.78 is -1.68. The summed E-state index contributed by atoms with van der Waals surface area (Å²) in [6.07, 6.45) is -9.23. The Balaban J connectivity index is 2.56. The van der Waals surface area contributed by atoms with Gasteiger partial charge in [-0.3, -0.25) is 28.8 Å². The van der Waals surface area contributed by atoms with Crippen LogP contribution in [0.1, 0.15) is 62.1 Å². The normalized spacial score (nSPS) is 13.5. The van der Waals surface area contributed by atoms with Gasteiger partial charge in [0, 0.05) is 50.0 Å². The predicted octanol–water partition coefficient (Wildman–Crippen LogP) is -3.92. The first kappa shape index (κ1) is 75.4. The number of benzene rings is 3. The van der Waals surface area contributed by atoms with Crippen LogP contribution in [0.15, 0.2) is 14.4 Å². The van der Waals surface area contributed by atoms with E-state index in [9.17, 15) is 90.0 Å². The standard InChI is InChI=1S/C45H48I9N9O21/c46-25-19(37(76)55-1-13(70)7-64)28(49)34(29(50)20(25)38(77)56-2-14(71)8-65)61-43(82)62(35-30(51)21(39(78)57-3-15(72)9-66)26(47)22(31(35)52)40(79)58-4-16(73)10-67)45(84)63(44(61)83)36-32(53)23(41(80)59-5-17(74)11-68)27(48)24(33(36)54)42(81)60-6-18(75)12-69/h13-18,64-75H,1-12H2,(H,55,76)(H,56,77)(H,57,78)(H,58,79)(H,59,80)(H,60,81). The second kappa shape index (κ2) is 34.4. The number of aliphatic hydroxyl groups excluding tert-OH is 12. The first-order chi connectivity index (χ1) is 39.4. The van der Waals surface area contributed by atoms with Gasteiger partial charge in [-0.2, -0.15) is 0 Å². The number of nitrogens with zero attached hydrogens (tertiary/aromatic N) is 3. The number of rotatable bonds is 27. The lowest BCUT2D eigenvalue weighted by Crippen LogP contribution is -2.54. The van der Waals surface area contributed by atoms with Crippen molar-refractivity contribution in [1.82, 2.24) is 45.6 Å². The monoisotopic (exact) mass is 2190 g/mol. The van der Waals surface area contributed by atoms with Gasteiger partial charge in [0.15, 0.2) is 0 Å². The van der Waals surface area contributed by atoms with Crippen molar-refractivity contribution in [3.8, 4) is 17.1 Å². The van der Waals surface area contributed by atoms with Crippen molar-refractivity contribution in [3.63, 3.8) is 0 Å². The average Bonchev–Trinajstić information content (AvgIpc) is 0.792. The van der Waals surface area contributed by atoms with Gasteiger partial charge < -0.3 is 93.2 Å². The molecule has 0 spiro atoms. The molecular weight excluding hydrogens is 2140 g/mol. The fourth-order valence-corrected chi connectivity index (χ4v) is 20.9. The molecule has 1 heterocycles. The number of aromatic nitrogens is 3. The number of nitrogens with one attached hydrogen (secondary N) is 6. The van der Waals surface area contributed by atoms with Crippen molar-refractivity contribution < 1.29 is 90.0 Å². The third-order valence-electron chi connectivity index (χ3n) is 11.3. The van der Waals surface area contributed by atoms with Crippen LogP contribution in [0.4, 0.5) is 0 Å². The topological polar surface area (TPSA) is 483 Å². The summed E-state index contributed by atoms with van der Waals surface area (Å²) in [5, 5.41) is 133. The minimum Gasteiger partial charge on any atom is -0.394 e. The molecule has 6 amide bonds. The third-order valence-corrected chi connectivity index (χ3v) is 20.9. The van der Waals surface area contributed by atoms with Crippen LogP contribution in [0.2, 0.25) is 0 Å². The third kappa shape index (κ3) is 17.3. The van der Waals surface area contributed by atoms with Crippen molar-refractivity contribution in [2.24, 2.45) is 0 Å². The summed E-state index contributed by atoms with van der Waals surface area (Å²) in [5.74, 6) is -6.52. The van der Waals surface area contributed by atoms with E-state index in [1.165, 1.54) is 0 Å². The summed E-state index contributed by atoms with van der Waals surface area (Å²) in [5.41, 5.74) is -9.83. The molecule has 0 aliphatic rings. The van der Waals surface area contributed by atoms with Crippen molar-refractivity contribution in [2.75, 3.05) is 78.9 Å². The largest absolute Gasteiger partial charge is 0.394 e. The molecule has 0 saturated carbocycles. The highest BCUT2D eigenvalue weighted by atomic mass is 127. The maximum Gasteiger partial charge on any atom is 0.345 e. The van der Waals surface area contributed by atoms with Crippen LogP contribution in [-0.4, -0.2) is 226 Å². The van der Waals surface area contributed by atoms with Gasteiger partial charge in [0.1, 0.15) is 0 Å². The van der Waals surface area contributed by atoms with Crippen molar-refractivity contribution in [1.29, 1.82) is 0 Å². The van der Waals surface area contributed by atoms with Crippen LogP contribution in [-0.2, 0) is 0 Å². The summed E-state index contributed by atoms with van der Waals surface area (Å²) in [6.45, 7) is -8.63. The van der Waals surface area contributed by atoms with E-state index in [2.05, 4.69) is 31.9 Å². The van der Waals surface area contributed by atoms with Crippen molar-refractivity contribution >= 4 is 239 Å².